The van der Waals surface area contributed by atoms with Gasteiger partial charge in [-0.15, -0.1) is 0 Å². The van der Waals surface area contributed by atoms with Crippen molar-refractivity contribution in [3.63, 3.8) is 0 Å². The van der Waals surface area contributed by atoms with Gasteiger partial charge in [0.05, 0.1) is 5.92 Å². The summed E-state index contributed by atoms with van der Waals surface area (Å²) >= 11 is 0. The number of ketones is 1. The lowest BCUT2D eigenvalue weighted by molar-refractivity contribution is -0.0639. The standard InChI is InChI=1S/C26H27NO2/c28-25(22-12-6-2-7-13-22)24-20-27(18-16-21-10-4-1-5-11-21)19-17-26(24,29)23-14-8-3-9-15-23/h1-15,24,29H,16-20H2/t24-,26+/m1/s1. The molecule has 0 radical (unpaired) electrons. The molecule has 1 saturated heterocycles. The molecule has 1 aliphatic heterocycles. The molecule has 1 heterocycles. The summed E-state index contributed by atoms with van der Waals surface area (Å²) in [6.07, 6.45) is 1.49. The predicted molar refractivity (Wildman–Crippen MR) is 116 cm³/mol. The summed E-state index contributed by atoms with van der Waals surface area (Å²) in [4.78, 5) is 15.7. The third kappa shape index (κ3) is 4.31. The monoisotopic (exact) mass is 385 g/mol. The summed E-state index contributed by atoms with van der Waals surface area (Å²) in [6, 6.07) is 29.4. The largest absolute Gasteiger partial charge is 0.384 e. The molecule has 0 aliphatic carbocycles. The first kappa shape index (κ1) is 19.6. The normalized spacial score (nSPS) is 22.3. The Morgan fingerprint density at radius 2 is 1.48 bits per heavy atom. The second kappa shape index (κ2) is 8.73. The molecule has 148 valence electrons. The quantitative estimate of drug-likeness (QED) is 0.643. The molecule has 29 heavy (non-hydrogen) atoms. The number of Topliss-reactive ketones (excluding diaryl/α,β-unsaturated/α-hetero) is 1. The minimum Gasteiger partial charge on any atom is -0.384 e. The SMILES string of the molecule is O=C(c1ccccc1)[C@H]1CN(CCc2ccccc2)CC[C@]1(O)c1ccccc1. The Kier molecular flexibility index (Phi) is 5.89. The molecular formula is C26H27NO2. The second-order valence-electron chi connectivity index (χ2n) is 7.86. The van der Waals surface area contributed by atoms with Gasteiger partial charge in [-0.3, -0.25) is 4.79 Å². The topological polar surface area (TPSA) is 40.5 Å². The van der Waals surface area contributed by atoms with E-state index in [-0.39, 0.29) is 5.78 Å². The first-order chi connectivity index (χ1) is 14.2. The molecular weight excluding hydrogens is 358 g/mol. The third-order valence-electron chi connectivity index (χ3n) is 6.03. The number of rotatable bonds is 6. The van der Waals surface area contributed by atoms with E-state index in [2.05, 4.69) is 29.2 Å². The zero-order valence-electron chi connectivity index (χ0n) is 16.6. The fraction of sp³-hybridized carbons (Fsp3) is 0.269. The number of hydrogen-bond donors (Lipinski definition) is 1. The van der Waals surface area contributed by atoms with E-state index in [4.69, 9.17) is 0 Å². The van der Waals surface area contributed by atoms with Gasteiger partial charge in [-0.25, -0.2) is 0 Å². The molecule has 3 nitrogen and oxygen atoms in total. The summed E-state index contributed by atoms with van der Waals surface area (Å²) in [7, 11) is 0. The van der Waals surface area contributed by atoms with Crippen LogP contribution in [-0.2, 0) is 12.0 Å². The Hall–Kier alpha value is -2.75. The lowest BCUT2D eigenvalue weighted by Gasteiger charge is -2.44. The molecule has 0 amide bonds. The van der Waals surface area contributed by atoms with Crippen molar-refractivity contribution in [2.24, 2.45) is 5.92 Å². The third-order valence-corrected chi connectivity index (χ3v) is 6.03. The molecule has 0 spiro atoms. The van der Waals surface area contributed by atoms with Crippen molar-refractivity contribution >= 4 is 5.78 Å². The maximum atomic E-state index is 13.4. The summed E-state index contributed by atoms with van der Waals surface area (Å²) < 4.78 is 0. The molecule has 0 aromatic heterocycles. The fourth-order valence-corrected chi connectivity index (χ4v) is 4.31. The van der Waals surface area contributed by atoms with Crippen molar-refractivity contribution in [2.75, 3.05) is 19.6 Å². The van der Waals surface area contributed by atoms with Crippen LogP contribution >= 0.6 is 0 Å². The van der Waals surface area contributed by atoms with E-state index >= 15 is 0 Å². The number of carbonyl (C=O) groups excluding carboxylic acids is 1. The predicted octanol–water partition coefficient (Wildman–Crippen LogP) is 4.32. The van der Waals surface area contributed by atoms with Crippen molar-refractivity contribution in [3.05, 3.63) is 108 Å². The van der Waals surface area contributed by atoms with E-state index < -0.39 is 11.5 Å². The average Bonchev–Trinajstić information content (AvgIpc) is 2.80. The number of piperidine rings is 1. The van der Waals surface area contributed by atoms with Gasteiger partial charge in [0.2, 0.25) is 0 Å². The van der Waals surface area contributed by atoms with E-state index in [0.717, 1.165) is 25.1 Å². The number of benzene rings is 3. The van der Waals surface area contributed by atoms with Gasteiger partial charge >= 0.3 is 0 Å². The lowest BCUT2D eigenvalue weighted by Crippen LogP contribution is -2.53. The summed E-state index contributed by atoms with van der Waals surface area (Å²) in [5.74, 6) is -0.474. The first-order valence-corrected chi connectivity index (χ1v) is 10.3. The summed E-state index contributed by atoms with van der Waals surface area (Å²) in [6.45, 7) is 2.22. The highest BCUT2D eigenvalue weighted by Gasteiger charge is 2.46. The molecule has 1 fully saturated rings. The first-order valence-electron chi connectivity index (χ1n) is 10.3. The van der Waals surface area contributed by atoms with Crippen LogP contribution in [0.3, 0.4) is 0 Å². The van der Waals surface area contributed by atoms with E-state index in [1.807, 2.05) is 66.7 Å². The maximum absolute atomic E-state index is 13.4. The van der Waals surface area contributed by atoms with Gasteiger partial charge in [-0.1, -0.05) is 91.0 Å². The molecule has 1 aliphatic rings. The van der Waals surface area contributed by atoms with Gasteiger partial charge in [0, 0.05) is 25.2 Å². The van der Waals surface area contributed by atoms with E-state index in [1.54, 1.807) is 0 Å². The molecule has 4 rings (SSSR count). The average molecular weight is 386 g/mol. The van der Waals surface area contributed by atoms with Crippen molar-refractivity contribution < 1.29 is 9.90 Å². The highest BCUT2D eigenvalue weighted by Crippen LogP contribution is 2.39. The Labute approximate surface area is 172 Å². The Bertz CT molecular complexity index is 927. The number of aliphatic hydroxyl groups is 1. The molecule has 3 aromatic rings. The second-order valence-corrected chi connectivity index (χ2v) is 7.86. The zero-order valence-corrected chi connectivity index (χ0v) is 16.6. The molecule has 3 heteroatoms. The fourth-order valence-electron chi connectivity index (χ4n) is 4.31. The van der Waals surface area contributed by atoms with Crippen LogP contribution in [0.25, 0.3) is 0 Å². The number of carbonyl (C=O) groups is 1. The van der Waals surface area contributed by atoms with E-state index in [1.165, 1.54) is 5.56 Å². The summed E-state index contributed by atoms with van der Waals surface area (Å²) in [5.41, 5.74) is 1.65. The van der Waals surface area contributed by atoms with Crippen LogP contribution in [0.2, 0.25) is 0 Å². The van der Waals surface area contributed by atoms with Gasteiger partial charge in [-0.05, 0) is 24.0 Å². The van der Waals surface area contributed by atoms with Crippen LogP contribution in [0, 0.1) is 5.92 Å². The maximum Gasteiger partial charge on any atom is 0.170 e. The van der Waals surface area contributed by atoms with Crippen molar-refractivity contribution in [3.8, 4) is 0 Å². The van der Waals surface area contributed by atoms with Gasteiger partial charge in [0.25, 0.3) is 0 Å². The summed E-state index contributed by atoms with van der Waals surface area (Å²) in [5, 5.41) is 11.7. The molecule has 2 atom stereocenters. The Morgan fingerprint density at radius 3 is 2.14 bits per heavy atom. The van der Waals surface area contributed by atoms with Gasteiger partial charge in [0.15, 0.2) is 5.78 Å². The van der Waals surface area contributed by atoms with E-state index in [0.29, 0.717) is 18.5 Å². The highest BCUT2D eigenvalue weighted by molar-refractivity contribution is 5.99. The van der Waals surface area contributed by atoms with Crippen LogP contribution in [0.1, 0.15) is 27.9 Å². The van der Waals surface area contributed by atoms with Crippen LogP contribution < -0.4 is 0 Å². The van der Waals surface area contributed by atoms with Crippen molar-refractivity contribution in [1.82, 2.24) is 4.90 Å². The van der Waals surface area contributed by atoms with Crippen LogP contribution in [-0.4, -0.2) is 35.4 Å². The van der Waals surface area contributed by atoms with Crippen molar-refractivity contribution in [1.29, 1.82) is 0 Å². The van der Waals surface area contributed by atoms with Crippen LogP contribution in [0.5, 0.6) is 0 Å². The number of nitrogens with zero attached hydrogens (tertiary/aromatic N) is 1. The van der Waals surface area contributed by atoms with Gasteiger partial charge in [0.1, 0.15) is 5.60 Å². The number of likely N-dealkylation sites (tertiary alicyclic amines) is 1. The molecule has 0 saturated carbocycles. The highest BCUT2D eigenvalue weighted by atomic mass is 16.3. The van der Waals surface area contributed by atoms with Crippen LogP contribution in [0.15, 0.2) is 91.0 Å². The van der Waals surface area contributed by atoms with E-state index in [9.17, 15) is 9.90 Å². The smallest absolute Gasteiger partial charge is 0.170 e. The Balaban J connectivity index is 1.58. The molecule has 0 unspecified atom stereocenters. The molecule has 3 aromatic carbocycles. The minimum atomic E-state index is -1.14. The minimum absolute atomic E-state index is 0.0152. The Morgan fingerprint density at radius 1 is 0.897 bits per heavy atom. The lowest BCUT2D eigenvalue weighted by atomic mass is 9.72. The van der Waals surface area contributed by atoms with Gasteiger partial charge < -0.3 is 10.0 Å². The van der Waals surface area contributed by atoms with Gasteiger partial charge in [-0.2, -0.15) is 0 Å². The molecule has 1 N–H and O–H groups in total. The van der Waals surface area contributed by atoms with Crippen molar-refractivity contribution in [2.45, 2.75) is 18.4 Å². The zero-order chi connectivity index (χ0) is 20.1. The number of hydrogen-bond acceptors (Lipinski definition) is 3. The van der Waals surface area contributed by atoms with Crippen LogP contribution in [0.4, 0.5) is 0 Å². The molecule has 0 bridgehead atoms.